The molecule has 1 aromatic heterocycles. The number of nitrogens with two attached hydrogens (primary N) is 1. The van der Waals surface area contributed by atoms with Crippen LogP contribution in [0.1, 0.15) is 31.5 Å². The Morgan fingerprint density at radius 1 is 1.38 bits per heavy atom. The molecule has 0 radical (unpaired) electrons. The van der Waals surface area contributed by atoms with Crippen LogP contribution in [0.3, 0.4) is 0 Å². The summed E-state index contributed by atoms with van der Waals surface area (Å²) in [6.45, 7) is 0.337. The first-order valence-electron chi connectivity index (χ1n) is 8.23. The molecule has 0 spiro atoms. The highest BCUT2D eigenvalue weighted by Crippen LogP contribution is 2.26. The van der Waals surface area contributed by atoms with Gasteiger partial charge in [0, 0.05) is 18.0 Å². The summed E-state index contributed by atoms with van der Waals surface area (Å²) < 4.78 is 5.13. The number of methoxy groups -OCH3 is 1. The Labute approximate surface area is 141 Å². The van der Waals surface area contributed by atoms with Gasteiger partial charge in [-0.2, -0.15) is 5.10 Å². The first-order valence-corrected chi connectivity index (χ1v) is 8.23. The Kier molecular flexibility index (Phi) is 5.10. The van der Waals surface area contributed by atoms with Crippen molar-refractivity contribution in [1.29, 1.82) is 0 Å². The van der Waals surface area contributed by atoms with Gasteiger partial charge in [0.15, 0.2) is 5.82 Å². The number of hydrogen-bond donors (Lipinski definition) is 3. The highest BCUT2D eigenvalue weighted by atomic mass is 16.5. The van der Waals surface area contributed by atoms with E-state index in [0.29, 0.717) is 30.5 Å². The molecule has 1 aliphatic carbocycles. The third-order valence-corrected chi connectivity index (χ3v) is 4.50. The fourth-order valence-corrected chi connectivity index (χ4v) is 3.06. The van der Waals surface area contributed by atoms with E-state index >= 15 is 0 Å². The molecule has 128 valence electrons. The summed E-state index contributed by atoms with van der Waals surface area (Å²) >= 11 is 0. The molecule has 0 unspecified atom stereocenters. The second kappa shape index (κ2) is 7.44. The van der Waals surface area contributed by atoms with E-state index in [2.05, 4.69) is 20.5 Å². The lowest BCUT2D eigenvalue weighted by Gasteiger charge is -2.14. The van der Waals surface area contributed by atoms with Gasteiger partial charge in [-0.15, -0.1) is 0 Å². The van der Waals surface area contributed by atoms with Crippen LogP contribution in [0.15, 0.2) is 24.3 Å². The van der Waals surface area contributed by atoms with Gasteiger partial charge in [-0.25, -0.2) is 4.98 Å². The number of nitrogens with zero attached hydrogens (tertiary/aromatic N) is 2. The number of carbonyl (C=O) groups is 1. The standard InChI is InChI=1S/C17H23N5O2/c1-24-13-7-5-11(6-8-13)17-20-15(21-22-17)10-19-16(23)9-12-3-2-4-14(12)18/h5-8,12,14H,2-4,9-10,18H2,1H3,(H,19,23)(H,20,21,22)/t12-,14+/m0/s1. The zero-order chi connectivity index (χ0) is 16.9. The Morgan fingerprint density at radius 2 is 2.17 bits per heavy atom. The third kappa shape index (κ3) is 3.91. The third-order valence-electron chi connectivity index (χ3n) is 4.50. The molecule has 1 aromatic carbocycles. The van der Waals surface area contributed by atoms with Crippen LogP contribution in [0.25, 0.3) is 11.4 Å². The normalized spacial score (nSPS) is 20.1. The van der Waals surface area contributed by atoms with Crippen molar-refractivity contribution in [2.24, 2.45) is 11.7 Å². The van der Waals surface area contributed by atoms with Gasteiger partial charge in [0.2, 0.25) is 5.91 Å². The second-order valence-electron chi connectivity index (χ2n) is 6.17. The minimum Gasteiger partial charge on any atom is -0.497 e. The lowest BCUT2D eigenvalue weighted by Crippen LogP contribution is -2.31. The maximum absolute atomic E-state index is 12.0. The number of aromatic nitrogens is 3. The number of ether oxygens (including phenoxy) is 1. The summed E-state index contributed by atoms with van der Waals surface area (Å²) in [6.07, 6.45) is 3.66. The van der Waals surface area contributed by atoms with Crippen molar-refractivity contribution in [1.82, 2.24) is 20.5 Å². The van der Waals surface area contributed by atoms with E-state index in [1.807, 2.05) is 24.3 Å². The van der Waals surface area contributed by atoms with Crippen LogP contribution in [0.2, 0.25) is 0 Å². The number of hydrogen-bond acceptors (Lipinski definition) is 5. The highest BCUT2D eigenvalue weighted by Gasteiger charge is 2.25. The molecule has 0 aliphatic heterocycles. The molecule has 1 aliphatic rings. The van der Waals surface area contributed by atoms with E-state index < -0.39 is 0 Å². The molecular formula is C17H23N5O2. The van der Waals surface area contributed by atoms with E-state index in [4.69, 9.17) is 10.5 Å². The van der Waals surface area contributed by atoms with E-state index in [1.165, 1.54) is 0 Å². The van der Waals surface area contributed by atoms with E-state index in [0.717, 1.165) is 30.6 Å². The summed E-state index contributed by atoms with van der Waals surface area (Å²) in [4.78, 5) is 16.4. The Hall–Kier alpha value is -2.41. The number of benzene rings is 1. The smallest absolute Gasteiger partial charge is 0.220 e. The van der Waals surface area contributed by atoms with Crippen LogP contribution in [-0.2, 0) is 11.3 Å². The molecule has 2 atom stereocenters. The summed E-state index contributed by atoms with van der Waals surface area (Å²) in [5, 5.41) is 9.93. The number of aromatic amines is 1. The molecule has 24 heavy (non-hydrogen) atoms. The molecule has 4 N–H and O–H groups in total. The van der Waals surface area contributed by atoms with Crippen LogP contribution in [0, 0.1) is 5.92 Å². The second-order valence-corrected chi connectivity index (χ2v) is 6.17. The molecule has 7 nitrogen and oxygen atoms in total. The number of nitrogens with one attached hydrogen (secondary N) is 2. The van der Waals surface area contributed by atoms with Crippen molar-refractivity contribution in [3.8, 4) is 17.1 Å². The molecule has 1 heterocycles. The monoisotopic (exact) mass is 329 g/mol. The predicted molar refractivity (Wildman–Crippen MR) is 90.2 cm³/mol. The van der Waals surface area contributed by atoms with Crippen LogP contribution in [0.5, 0.6) is 5.75 Å². The molecule has 2 aromatic rings. The van der Waals surface area contributed by atoms with Crippen molar-refractivity contribution in [2.45, 2.75) is 38.3 Å². The zero-order valence-corrected chi connectivity index (χ0v) is 13.8. The minimum absolute atomic E-state index is 0.0137. The maximum Gasteiger partial charge on any atom is 0.220 e. The molecule has 0 bridgehead atoms. The topological polar surface area (TPSA) is 106 Å². The van der Waals surface area contributed by atoms with E-state index in [1.54, 1.807) is 7.11 Å². The number of rotatable bonds is 6. The molecular weight excluding hydrogens is 306 g/mol. The average molecular weight is 329 g/mol. The van der Waals surface area contributed by atoms with Gasteiger partial charge in [0.05, 0.1) is 13.7 Å². The summed E-state index contributed by atoms with van der Waals surface area (Å²) in [5.74, 6) is 2.32. The minimum atomic E-state index is 0.0137. The number of amides is 1. The number of carbonyl (C=O) groups excluding carboxylic acids is 1. The predicted octanol–water partition coefficient (Wildman–Crippen LogP) is 1.61. The lowest BCUT2D eigenvalue weighted by atomic mass is 10.00. The van der Waals surface area contributed by atoms with E-state index in [-0.39, 0.29) is 11.9 Å². The first kappa shape index (κ1) is 16.4. The van der Waals surface area contributed by atoms with Crippen molar-refractivity contribution in [3.63, 3.8) is 0 Å². The largest absolute Gasteiger partial charge is 0.497 e. The molecule has 0 saturated heterocycles. The molecule has 1 saturated carbocycles. The van der Waals surface area contributed by atoms with Crippen molar-refractivity contribution in [2.75, 3.05) is 7.11 Å². The van der Waals surface area contributed by atoms with E-state index in [9.17, 15) is 4.79 Å². The van der Waals surface area contributed by atoms with Gasteiger partial charge < -0.3 is 15.8 Å². The van der Waals surface area contributed by atoms with Crippen LogP contribution >= 0.6 is 0 Å². The fourth-order valence-electron chi connectivity index (χ4n) is 3.06. The highest BCUT2D eigenvalue weighted by molar-refractivity contribution is 5.76. The maximum atomic E-state index is 12.0. The summed E-state index contributed by atoms with van der Waals surface area (Å²) in [6, 6.07) is 7.66. The Bertz CT molecular complexity index is 683. The van der Waals surface area contributed by atoms with Gasteiger partial charge >= 0.3 is 0 Å². The van der Waals surface area contributed by atoms with Gasteiger partial charge in [0.25, 0.3) is 0 Å². The van der Waals surface area contributed by atoms with Gasteiger partial charge in [-0.3, -0.25) is 9.89 Å². The van der Waals surface area contributed by atoms with Crippen LogP contribution in [-0.4, -0.2) is 34.2 Å². The summed E-state index contributed by atoms with van der Waals surface area (Å²) in [7, 11) is 1.63. The Balaban J connectivity index is 1.53. The lowest BCUT2D eigenvalue weighted by molar-refractivity contribution is -0.122. The van der Waals surface area contributed by atoms with Crippen LogP contribution in [0.4, 0.5) is 0 Å². The van der Waals surface area contributed by atoms with Crippen molar-refractivity contribution >= 4 is 5.91 Å². The summed E-state index contributed by atoms with van der Waals surface area (Å²) in [5.41, 5.74) is 6.90. The Morgan fingerprint density at radius 3 is 2.83 bits per heavy atom. The molecule has 1 amide bonds. The quantitative estimate of drug-likeness (QED) is 0.746. The number of H-pyrrole nitrogens is 1. The van der Waals surface area contributed by atoms with Gasteiger partial charge in [-0.1, -0.05) is 6.42 Å². The SMILES string of the molecule is COc1ccc(-c2n[nH]c(CNC(=O)C[C@@H]3CCC[C@H]3N)n2)cc1. The van der Waals surface area contributed by atoms with Gasteiger partial charge in [-0.05, 0) is 43.0 Å². The fraction of sp³-hybridized carbons (Fsp3) is 0.471. The molecule has 1 fully saturated rings. The average Bonchev–Trinajstić information content (AvgIpc) is 3.23. The van der Waals surface area contributed by atoms with Crippen molar-refractivity contribution in [3.05, 3.63) is 30.1 Å². The van der Waals surface area contributed by atoms with Crippen molar-refractivity contribution < 1.29 is 9.53 Å². The van der Waals surface area contributed by atoms with Crippen LogP contribution < -0.4 is 15.8 Å². The molecule has 3 rings (SSSR count). The first-order chi connectivity index (χ1) is 11.7. The molecule has 7 heteroatoms. The zero-order valence-electron chi connectivity index (χ0n) is 13.8. The van der Waals surface area contributed by atoms with Gasteiger partial charge in [0.1, 0.15) is 11.6 Å².